The maximum Gasteiger partial charge on any atom is 0.323 e. The van der Waals surface area contributed by atoms with Gasteiger partial charge in [0.25, 0.3) is 0 Å². The Balaban J connectivity index is 1.26. The van der Waals surface area contributed by atoms with Crippen LogP contribution in [0, 0.1) is 11.3 Å². The topological polar surface area (TPSA) is 154 Å². The normalized spacial score (nSPS) is 11.1. The number of carbonyl (C=O) groups is 1. The Hall–Kier alpha value is -6.07. The molecule has 0 spiro atoms. The number of rotatable bonds is 19. The number of benzene rings is 4. The Kier molecular flexibility index (Phi) is 14.7. The third kappa shape index (κ3) is 11.5. The summed E-state index contributed by atoms with van der Waals surface area (Å²) in [5.74, 6) is 3.35. The fraction of sp³-hybridized carbons (Fsp3) is 0.326. The lowest BCUT2D eigenvalue weighted by Crippen LogP contribution is -2.21. The number of hydrogen-bond donors (Lipinski definition) is 3. The zero-order chi connectivity index (χ0) is 39.9. The molecule has 1 heterocycles. The first-order chi connectivity index (χ1) is 27.1. The third-order valence-corrected chi connectivity index (χ3v) is 8.53. The van der Waals surface area contributed by atoms with Gasteiger partial charge in [0.05, 0.1) is 71.1 Å². The van der Waals surface area contributed by atoms with Crippen LogP contribution in [0.4, 0.5) is 27.7 Å². The summed E-state index contributed by atoms with van der Waals surface area (Å²) in [6, 6.07) is 25.9. The van der Waals surface area contributed by atoms with Crippen molar-refractivity contribution in [3.8, 4) is 34.8 Å². The lowest BCUT2D eigenvalue weighted by atomic mass is 9.85. The molecule has 13 nitrogen and oxygen atoms in total. The second-order valence-electron chi connectivity index (χ2n) is 13.6. The summed E-state index contributed by atoms with van der Waals surface area (Å²) < 4.78 is 39.4. The number of urea groups is 1. The zero-order valence-electron chi connectivity index (χ0n) is 32.7. The Bertz CT molecular complexity index is 2130. The molecule has 13 heteroatoms. The number of amides is 2. The average Bonchev–Trinajstić information content (AvgIpc) is 3.18. The SMILES string of the molecule is COCCOCCOCCOc1cc(Nc2cc(Oc3ccc(NC(=O)Nc4cc(C(C)(C)C)cc(CC#N)c4OC)c4ccccc34)ccn2)cc(OC)c1. The van der Waals surface area contributed by atoms with Gasteiger partial charge in [-0.3, -0.25) is 0 Å². The van der Waals surface area contributed by atoms with Crippen LogP contribution >= 0.6 is 0 Å². The third-order valence-electron chi connectivity index (χ3n) is 8.53. The van der Waals surface area contributed by atoms with Crippen LogP contribution < -0.4 is 34.9 Å². The van der Waals surface area contributed by atoms with E-state index in [1.54, 1.807) is 50.7 Å². The molecule has 0 fully saturated rings. The number of pyridine rings is 1. The molecule has 2 amide bonds. The number of carbonyl (C=O) groups excluding carboxylic acids is 1. The quantitative estimate of drug-likeness (QED) is 0.0691. The molecular weight excluding hydrogens is 714 g/mol. The molecule has 0 atom stereocenters. The van der Waals surface area contributed by atoms with Crippen LogP contribution in [0.2, 0.25) is 0 Å². The summed E-state index contributed by atoms with van der Waals surface area (Å²) in [6.07, 6.45) is 1.80. The summed E-state index contributed by atoms with van der Waals surface area (Å²) in [5.41, 5.74) is 3.23. The van der Waals surface area contributed by atoms with Gasteiger partial charge in [0.15, 0.2) is 0 Å². The smallest absolute Gasteiger partial charge is 0.323 e. The van der Waals surface area contributed by atoms with Crippen LogP contribution in [-0.2, 0) is 26.0 Å². The van der Waals surface area contributed by atoms with E-state index in [-0.39, 0.29) is 11.8 Å². The summed E-state index contributed by atoms with van der Waals surface area (Å²) in [4.78, 5) is 17.9. The molecule has 56 heavy (non-hydrogen) atoms. The number of nitrogens with one attached hydrogen (secondary N) is 3. The molecule has 0 saturated carbocycles. The van der Waals surface area contributed by atoms with Crippen molar-refractivity contribution < 1.29 is 38.0 Å². The first-order valence-corrected chi connectivity index (χ1v) is 18.2. The Morgan fingerprint density at radius 1 is 0.750 bits per heavy atom. The van der Waals surface area contributed by atoms with E-state index in [0.717, 1.165) is 16.3 Å². The highest BCUT2D eigenvalue weighted by Gasteiger charge is 2.21. The van der Waals surface area contributed by atoms with E-state index < -0.39 is 6.03 Å². The van der Waals surface area contributed by atoms with Gasteiger partial charge in [-0.1, -0.05) is 51.1 Å². The van der Waals surface area contributed by atoms with Crippen molar-refractivity contribution in [3.63, 3.8) is 0 Å². The van der Waals surface area contributed by atoms with E-state index >= 15 is 0 Å². The number of methoxy groups -OCH3 is 3. The lowest BCUT2D eigenvalue weighted by molar-refractivity contribution is 0.0179. The van der Waals surface area contributed by atoms with Crippen LogP contribution in [-0.4, -0.2) is 72.0 Å². The summed E-state index contributed by atoms with van der Waals surface area (Å²) >= 11 is 0. The second-order valence-corrected chi connectivity index (χ2v) is 13.6. The van der Waals surface area contributed by atoms with Crippen LogP contribution in [0.3, 0.4) is 0 Å². The Morgan fingerprint density at radius 2 is 1.46 bits per heavy atom. The minimum absolute atomic E-state index is 0.145. The van der Waals surface area contributed by atoms with Gasteiger partial charge in [-0.05, 0) is 35.2 Å². The zero-order valence-corrected chi connectivity index (χ0v) is 32.7. The van der Waals surface area contributed by atoms with Crippen molar-refractivity contribution in [3.05, 3.63) is 96.2 Å². The van der Waals surface area contributed by atoms with Crippen molar-refractivity contribution in [2.45, 2.75) is 32.6 Å². The summed E-state index contributed by atoms with van der Waals surface area (Å²) in [7, 11) is 4.75. The molecule has 0 bridgehead atoms. The van der Waals surface area contributed by atoms with Gasteiger partial charge >= 0.3 is 6.03 Å². The van der Waals surface area contributed by atoms with Gasteiger partial charge in [0, 0.05) is 59.6 Å². The Morgan fingerprint density at radius 3 is 2.18 bits per heavy atom. The molecule has 0 unspecified atom stereocenters. The van der Waals surface area contributed by atoms with Crippen molar-refractivity contribution in [2.24, 2.45) is 0 Å². The van der Waals surface area contributed by atoms with Gasteiger partial charge in [0.1, 0.15) is 41.2 Å². The standard InChI is InChI=1S/C43H49N5O8/c1-43(2,3)30-23-29(13-15-44)41(52-6)38(24-30)48-42(49)47-37-11-12-39(36-10-8-7-9-35(36)37)56-32-14-16-45-40(28-32)46-31-25-33(51-5)27-34(26-31)55-22-21-54-20-19-53-18-17-50-4/h7-12,14,16,23-28H,13,17-22H2,1-6H3,(H,45,46)(H2,47,48,49). The largest absolute Gasteiger partial charge is 0.497 e. The molecule has 5 aromatic rings. The number of anilines is 4. The summed E-state index contributed by atoms with van der Waals surface area (Å²) in [5, 5.41) is 20.2. The number of fused-ring (bicyclic) bond motifs is 1. The number of hydrogen-bond acceptors (Lipinski definition) is 11. The van der Waals surface area contributed by atoms with E-state index in [2.05, 4.69) is 47.8 Å². The van der Waals surface area contributed by atoms with Crippen molar-refractivity contribution in [1.82, 2.24) is 4.98 Å². The van der Waals surface area contributed by atoms with E-state index in [1.165, 1.54) is 7.11 Å². The monoisotopic (exact) mass is 763 g/mol. The molecule has 294 valence electrons. The fourth-order valence-corrected chi connectivity index (χ4v) is 5.76. The highest BCUT2D eigenvalue weighted by Crippen LogP contribution is 2.38. The highest BCUT2D eigenvalue weighted by atomic mass is 16.6. The maximum atomic E-state index is 13.5. The second kappa shape index (κ2) is 20.0. The van der Waals surface area contributed by atoms with Gasteiger partial charge in [-0.25, -0.2) is 9.78 Å². The van der Waals surface area contributed by atoms with Gasteiger partial charge < -0.3 is 49.1 Å². The molecular formula is C43H49N5O8. The number of nitrogens with zero attached hydrogens (tertiary/aromatic N) is 2. The van der Waals surface area contributed by atoms with E-state index in [4.69, 9.17) is 33.2 Å². The minimum Gasteiger partial charge on any atom is -0.497 e. The van der Waals surface area contributed by atoms with E-state index in [9.17, 15) is 10.1 Å². The van der Waals surface area contributed by atoms with Crippen LogP contribution in [0.5, 0.6) is 28.7 Å². The number of aromatic nitrogens is 1. The molecule has 4 aromatic carbocycles. The van der Waals surface area contributed by atoms with Crippen molar-refractivity contribution in [1.29, 1.82) is 5.26 Å². The van der Waals surface area contributed by atoms with Gasteiger partial charge in [-0.15, -0.1) is 0 Å². The molecule has 0 saturated heterocycles. The predicted octanol–water partition coefficient (Wildman–Crippen LogP) is 8.85. The maximum absolute atomic E-state index is 13.5. The molecule has 5 rings (SSSR count). The number of ether oxygens (including phenoxy) is 7. The molecule has 3 N–H and O–H groups in total. The van der Waals surface area contributed by atoms with Gasteiger partial charge in [0.2, 0.25) is 0 Å². The van der Waals surface area contributed by atoms with E-state index in [0.29, 0.717) is 96.8 Å². The first kappa shape index (κ1) is 41.1. The first-order valence-electron chi connectivity index (χ1n) is 18.2. The summed E-state index contributed by atoms with van der Waals surface area (Å²) in [6.45, 7) is 9.01. The minimum atomic E-state index is -0.458. The van der Waals surface area contributed by atoms with Crippen LogP contribution in [0.15, 0.2) is 85.1 Å². The predicted molar refractivity (Wildman–Crippen MR) is 217 cm³/mol. The molecule has 0 aliphatic carbocycles. The van der Waals surface area contributed by atoms with Crippen molar-refractivity contribution >= 4 is 39.7 Å². The van der Waals surface area contributed by atoms with Gasteiger partial charge in [-0.2, -0.15) is 5.26 Å². The highest BCUT2D eigenvalue weighted by molar-refractivity contribution is 6.08. The molecule has 1 aromatic heterocycles. The van der Waals surface area contributed by atoms with Crippen LogP contribution in [0.25, 0.3) is 10.8 Å². The fourth-order valence-electron chi connectivity index (χ4n) is 5.76. The Labute approximate surface area is 327 Å². The lowest BCUT2D eigenvalue weighted by Gasteiger charge is -2.23. The van der Waals surface area contributed by atoms with E-state index in [1.807, 2.05) is 48.5 Å². The molecule has 0 aliphatic heterocycles. The van der Waals surface area contributed by atoms with Crippen LogP contribution in [0.1, 0.15) is 31.9 Å². The molecule has 0 aliphatic rings. The average molecular weight is 764 g/mol. The van der Waals surface area contributed by atoms with Crippen molar-refractivity contribution in [2.75, 3.05) is 76.9 Å². The molecule has 0 radical (unpaired) electrons. The number of nitriles is 1.